The minimum atomic E-state index is -3.68. The van der Waals surface area contributed by atoms with Crippen LogP contribution in [0, 0.1) is 0 Å². The topological polar surface area (TPSA) is 90.4 Å². The number of methoxy groups -OCH3 is 1. The first-order valence-electron chi connectivity index (χ1n) is 6.52. The van der Waals surface area contributed by atoms with Gasteiger partial charge in [-0.15, -0.1) is 0 Å². The Hall–Kier alpha value is -1.71. The molecule has 2 rings (SSSR count). The van der Waals surface area contributed by atoms with Crippen molar-refractivity contribution in [1.29, 1.82) is 0 Å². The van der Waals surface area contributed by atoms with E-state index in [0.717, 1.165) is 17.1 Å². The summed E-state index contributed by atoms with van der Waals surface area (Å²) in [5.74, 6) is 0.553. The fourth-order valence-corrected chi connectivity index (χ4v) is 3.74. The Balaban J connectivity index is 2.09. The number of sulfonamides is 1. The van der Waals surface area contributed by atoms with Gasteiger partial charge in [0.1, 0.15) is 0 Å². The molecule has 1 N–H and O–H groups in total. The zero-order chi connectivity index (χ0) is 16.2. The molecule has 0 aliphatic carbocycles. The summed E-state index contributed by atoms with van der Waals surface area (Å²) in [6, 6.07) is 3.42. The van der Waals surface area contributed by atoms with Crippen LogP contribution < -0.4 is 14.2 Å². The average molecular weight is 343 g/mol. The second-order valence-electron chi connectivity index (χ2n) is 4.68. The van der Waals surface area contributed by atoms with Crippen LogP contribution in [0.2, 0.25) is 0 Å². The summed E-state index contributed by atoms with van der Waals surface area (Å²) in [7, 11) is -2.30. The first-order valence-corrected chi connectivity index (χ1v) is 8.84. The number of ether oxygens (including phenoxy) is 2. The lowest BCUT2D eigenvalue weighted by molar-refractivity contribution is 0.232. The van der Waals surface area contributed by atoms with Gasteiger partial charge < -0.3 is 9.47 Å². The van der Waals surface area contributed by atoms with Crippen molar-refractivity contribution in [3.8, 4) is 11.8 Å². The van der Waals surface area contributed by atoms with E-state index in [1.807, 2.05) is 13.8 Å². The number of hydrogen-bond donors (Lipinski definition) is 1. The highest BCUT2D eigenvalue weighted by Gasteiger charge is 2.21. The fraction of sp³-hybridized carbons (Fsp3) is 0.385. The van der Waals surface area contributed by atoms with Crippen LogP contribution in [0.25, 0.3) is 0 Å². The predicted octanol–water partition coefficient (Wildman–Crippen LogP) is 1.81. The first kappa shape index (κ1) is 16.7. The summed E-state index contributed by atoms with van der Waals surface area (Å²) in [5.41, 5.74) is 0.747. The third-order valence-corrected chi connectivity index (χ3v) is 4.77. The van der Waals surface area contributed by atoms with Crippen molar-refractivity contribution in [2.75, 3.05) is 7.11 Å². The van der Waals surface area contributed by atoms with Gasteiger partial charge >= 0.3 is 0 Å². The van der Waals surface area contributed by atoms with Gasteiger partial charge in [-0.3, -0.25) is 0 Å². The smallest absolute Gasteiger partial charge is 0.247 e. The van der Waals surface area contributed by atoms with Crippen molar-refractivity contribution in [1.82, 2.24) is 14.1 Å². The maximum Gasteiger partial charge on any atom is 0.247 e. The second-order valence-corrected chi connectivity index (χ2v) is 7.05. The van der Waals surface area contributed by atoms with Gasteiger partial charge in [-0.05, 0) is 37.0 Å². The van der Waals surface area contributed by atoms with Gasteiger partial charge in [-0.2, -0.15) is 4.37 Å². The highest BCUT2D eigenvalue weighted by molar-refractivity contribution is 7.89. The van der Waals surface area contributed by atoms with E-state index in [4.69, 9.17) is 9.47 Å². The van der Waals surface area contributed by atoms with E-state index in [1.165, 1.54) is 12.5 Å². The average Bonchev–Trinajstić information content (AvgIpc) is 2.94. The van der Waals surface area contributed by atoms with Crippen LogP contribution in [-0.2, 0) is 16.6 Å². The van der Waals surface area contributed by atoms with Gasteiger partial charge in [0.05, 0.1) is 13.2 Å². The summed E-state index contributed by atoms with van der Waals surface area (Å²) in [5, 5.41) is 1.43. The Kier molecular flexibility index (Phi) is 5.33. The van der Waals surface area contributed by atoms with Crippen molar-refractivity contribution in [3.63, 3.8) is 0 Å². The lowest BCUT2D eigenvalue weighted by Gasteiger charge is -2.10. The molecule has 9 heteroatoms. The molecule has 2 heterocycles. The maximum absolute atomic E-state index is 12.2. The molecule has 0 aliphatic rings. The van der Waals surface area contributed by atoms with E-state index in [-0.39, 0.29) is 23.4 Å². The van der Waals surface area contributed by atoms with Crippen molar-refractivity contribution in [3.05, 3.63) is 29.3 Å². The van der Waals surface area contributed by atoms with E-state index >= 15 is 0 Å². The standard InChI is InChI=1S/C13H17N3O4S2/c1-9(2)20-12-6-10(4-5-14-12)7-15-22(17,18)11-8-21-16-13(11)19-3/h4-6,8-9,15H,7H2,1-3H3. The van der Waals surface area contributed by atoms with Gasteiger partial charge in [-0.25, -0.2) is 18.1 Å². The zero-order valence-electron chi connectivity index (χ0n) is 12.4. The molecule has 0 atom stereocenters. The summed E-state index contributed by atoms with van der Waals surface area (Å²) in [4.78, 5) is 4.11. The van der Waals surface area contributed by atoms with Gasteiger partial charge in [0.2, 0.25) is 21.8 Å². The van der Waals surface area contributed by atoms with Crippen molar-refractivity contribution in [2.45, 2.75) is 31.4 Å². The summed E-state index contributed by atoms with van der Waals surface area (Å²) in [6.45, 7) is 3.91. The highest BCUT2D eigenvalue weighted by atomic mass is 32.2. The molecule has 0 radical (unpaired) electrons. The van der Waals surface area contributed by atoms with E-state index in [9.17, 15) is 8.42 Å². The highest BCUT2D eigenvalue weighted by Crippen LogP contribution is 2.24. The Morgan fingerprint density at radius 2 is 2.18 bits per heavy atom. The number of aromatic nitrogens is 2. The van der Waals surface area contributed by atoms with Crippen LogP contribution in [0.3, 0.4) is 0 Å². The Morgan fingerprint density at radius 1 is 1.41 bits per heavy atom. The van der Waals surface area contributed by atoms with Crippen molar-refractivity contribution < 1.29 is 17.9 Å². The molecule has 7 nitrogen and oxygen atoms in total. The molecule has 0 amide bonds. The maximum atomic E-state index is 12.2. The van der Waals surface area contributed by atoms with Crippen LogP contribution in [0.5, 0.6) is 11.8 Å². The van der Waals surface area contributed by atoms with E-state index in [2.05, 4.69) is 14.1 Å². The Morgan fingerprint density at radius 3 is 2.86 bits per heavy atom. The Labute approximate surface area is 133 Å². The monoisotopic (exact) mass is 343 g/mol. The van der Waals surface area contributed by atoms with Crippen LogP contribution in [0.4, 0.5) is 0 Å². The number of hydrogen-bond acceptors (Lipinski definition) is 7. The molecule has 0 unspecified atom stereocenters. The first-order chi connectivity index (χ1) is 10.4. The van der Waals surface area contributed by atoms with E-state index in [1.54, 1.807) is 18.3 Å². The lowest BCUT2D eigenvalue weighted by atomic mass is 10.3. The zero-order valence-corrected chi connectivity index (χ0v) is 14.1. The van der Waals surface area contributed by atoms with Crippen molar-refractivity contribution >= 4 is 21.6 Å². The minimum absolute atomic E-state index is 0.000540. The molecule has 2 aromatic rings. The third kappa shape index (κ3) is 4.15. The molecule has 0 bridgehead atoms. The third-order valence-electron chi connectivity index (χ3n) is 2.61. The SMILES string of the molecule is COc1nscc1S(=O)(=O)NCc1ccnc(OC(C)C)c1. The quantitative estimate of drug-likeness (QED) is 0.824. The molecular weight excluding hydrogens is 326 g/mol. The Bertz CT molecular complexity index is 728. The fourth-order valence-electron chi connectivity index (χ4n) is 1.66. The summed E-state index contributed by atoms with van der Waals surface area (Å²) in [6.07, 6.45) is 1.58. The normalized spacial score (nSPS) is 11.6. The van der Waals surface area contributed by atoms with Crippen LogP contribution in [-0.4, -0.2) is 31.0 Å². The van der Waals surface area contributed by atoms with E-state index < -0.39 is 10.0 Å². The summed E-state index contributed by atoms with van der Waals surface area (Å²) < 4.78 is 41.3. The number of rotatable bonds is 7. The summed E-state index contributed by atoms with van der Waals surface area (Å²) >= 11 is 1.02. The number of pyridine rings is 1. The molecule has 0 aliphatic heterocycles. The van der Waals surface area contributed by atoms with Gasteiger partial charge in [0.15, 0.2) is 4.90 Å². The van der Waals surface area contributed by atoms with Gasteiger partial charge in [-0.1, -0.05) is 0 Å². The largest absolute Gasteiger partial charge is 0.479 e. The molecule has 0 saturated heterocycles. The predicted molar refractivity (Wildman–Crippen MR) is 82.7 cm³/mol. The van der Waals surface area contributed by atoms with Gasteiger partial charge in [0, 0.05) is 24.2 Å². The lowest BCUT2D eigenvalue weighted by Crippen LogP contribution is -2.23. The molecular formula is C13H17N3O4S2. The molecule has 22 heavy (non-hydrogen) atoms. The molecule has 0 aromatic carbocycles. The molecule has 2 aromatic heterocycles. The van der Waals surface area contributed by atoms with E-state index in [0.29, 0.717) is 5.88 Å². The van der Waals surface area contributed by atoms with Crippen LogP contribution >= 0.6 is 11.5 Å². The van der Waals surface area contributed by atoms with Gasteiger partial charge in [0.25, 0.3) is 0 Å². The van der Waals surface area contributed by atoms with Crippen molar-refractivity contribution in [2.24, 2.45) is 0 Å². The molecule has 0 saturated carbocycles. The molecule has 0 spiro atoms. The second kappa shape index (κ2) is 7.03. The molecule has 120 valence electrons. The van der Waals surface area contributed by atoms with Crippen LogP contribution in [0.1, 0.15) is 19.4 Å². The molecule has 0 fully saturated rings. The number of nitrogens with one attached hydrogen (secondary N) is 1. The number of nitrogens with zero attached hydrogens (tertiary/aromatic N) is 2. The van der Waals surface area contributed by atoms with Crippen LogP contribution in [0.15, 0.2) is 28.6 Å². The minimum Gasteiger partial charge on any atom is -0.479 e.